The van der Waals surface area contributed by atoms with Crippen LogP contribution in [-0.4, -0.2) is 25.7 Å². The third-order valence-corrected chi connectivity index (χ3v) is 2.84. The third kappa shape index (κ3) is 3.11. The minimum atomic E-state index is 0.686. The molecule has 0 aliphatic carbocycles. The van der Waals surface area contributed by atoms with E-state index in [0.29, 0.717) is 6.04 Å². The third-order valence-electron chi connectivity index (χ3n) is 2.84. The fourth-order valence-electron chi connectivity index (χ4n) is 1.66. The molecule has 1 radical (unpaired) electrons. The van der Waals surface area contributed by atoms with E-state index >= 15 is 0 Å². The van der Waals surface area contributed by atoms with Crippen LogP contribution >= 0.6 is 0 Å². The lowest BCUT2D eigenvalue weighted by atomic mass is 10.0. The van der Waals surface area contributed by atoms with Crippen LogP contribution in [0.4, 0.5) is 0 Å². The monoisotopic (exact) mass is 169 g/mol. The average molecular weight is 169 g/mol. The van der Waals surface area contributed by atoms with Crippen molar-refractivity contribution in [2.45, 2.75) is 39.2 Å². The summed E-state index contributed by atoms with van der Waals surface area (Å²) in [7, 11) is 0. The molecule has 1 aliphatic rings. The van der Waals surface area contributed by atoms with Gasteiger partial charge >= 0.3 is 0 Å². The molecule has 12 heavy (non-hydrogen) atoms. The first kappa shape index (κ1) is 10.0. The maximum atomic E-state index is 4.33. The maximum absolute atomic E-state index is 4.33. The molecule has 1 fully saturated rings. The fraction of sp³-hybridized carbons (Fsp3) is 1.00. The Morgan fingerprint density at radius 2 is 2.17 bits per heavy atom. The standard InChI is InChI=1S/C10H21N2/c1-3-9(4-2)7-12-10-5-6-11-8-10/h9-10,12H,3-8H2,1-2H3. The second kappa shape index (κ2) is 5.55. The van der Waals surface area contributed by atoms with Gasteiger partial charge < -0.3 is 5.32 Å². The fourth-order valence-corrected chi connectivity index (χ4v) is 1.66. The molecule has 0 spiro atoms. The van der Waals surface area contributed by atoms with Crippen LogP contribution < -0.4 is 10.6 Å². The molecule has 1 heterocycles. The molecule has 0 amide bonds. The van der Waals surface area contributed by atoms with Crippen molar-refractivity contribution >= 4 is 0 Å². The molecule has 0 aromatic heterocycles. The van der Waals surface area contributed by atoms with Gasteiger partial charge in [0.15, 0.2) is 0 Å². The van der Waals surface area contributed by atoms with Gasteiger partial charge in [-0.2, -0.15) is 0 Å². The Morgan fingerprint density at radius 3 is 2.67 bits per heavy atom. The van der Waals surface area contributed by atoms with E-state index in [1.807, 2.05) is 0 Å². The van der Waals surface area contributed by atoms with Crippen molar-refractivity contribution in [3.8, 4) is 0 Å². The van der Waals surface area contributed by atoms with E-state index in [2.05, 4.69) is 24.5 Å². The van der Waals surface area contributed by atoms with Gasteiger partial charge in [0, 0.05) is 19.1 Å². The van der Waals surface area contributed by atoms with Crippen molar-refractivity contribution in [3.63, 3.8) is 0 Å². The molecule has 1 unspecified atom stereocenters. The zero-order chi connectivity index (χ0) is 8.81. The van der Waals surface area contributed by atoms with Crippen LogP contribution in [0.25, 0.3) is 0 Å². The number of hydrogen-bond acceptors (Lipinski definition) is 1. The van der Waals surface area contributed by atoms with Crippen molar-refractivity contribution < 1.29 is 0 Å². The van der Waals surface area contributed by atoms with Gasteiger partial charge in [0.05, 0.1) is 0 Å². The van der Waals surface area contributed by atoms with Gasteiger partial charge in [-0.15, -0.1) is 0 Å². The molecule has 0 aromatic rings. The predicted molar refractivity (Wildman–Crippen MR) is 52.3 cm³/mol. The lowest BCUT2D eigenvalue weighted by Crippen LogP contribution is -2.33. The van der Waals surface area contributed by atoms with Crippen molar-refractivity contribution in [1.82, 2.24) is 10.6 Å². The van der Waals surface area contributed by atoms with E-state index in [-0.39, 0.29) is 0 Å². The summed E-state index contributed by atoms with van der Waals surface area (Å²) in [6.07, 6.45) is 3.85. The Bertz CT molecular complexity index is 102. The maximum Gasteiger partial charge on any atom is 0.0288 e. The normalized spacial score (nSPS) is 23.8. The van der Waals surface area contributed by atoms with Crippen LogP contribution in [0.15, 0.2) is 0 Å². The van der Waals surface area contributed by atoms with Gasteiger partial charge in [-0.1, -0.05) is 26.7 Å². The van der Waals surface area contributed by atoms with Crippen molar-refractivity contribution in [2.75, 3.05) is 19.6 Å². The summed E-state index contributed by atoms with van der Waals surface area (Å²) >= 11 is 0. The minimum absolute atomic E-state index is 0.686. The highest BCUT2D eigenvalue weighted by atomic mass is 15.0. The predicted octanol–water partition coefficient (Wildman–Crippen LogP) is 1.39. The topological polar surface area (TPSA) is 26.1 Å². The minimum Gasteiger partial charge on any atom is -0.312 e. The van der Waals surface area contributed by atoms with Crippen LogP contribution in [0.3, 0.4) is 0 Å². The summed E-state index contributed by atoms with van der Waals surface area (Å²) in [6.45, 7) is 7.84. The zero-order valence-electron chi connectivity index (χ0n) is 8.34. The van der Waals surface area contributed by atoms with Crippen LogP contribution in [-0.2, 0) is 0 Å². The number of hydrogen-bond donors (Lipinski definition) is 1. The molecule has 0 saturated carbocycles. The first-order valence-electron chi connectivity index (χ1n) is 5.23. The lowest BCUT2D eigenvalue weighted by molar-refractivity contribution is 0.416. The smallest absolute Gasteiger partial charge is 0.0288 e. The number of nitrogens with zero attached hydrogens (tertiary/aromatic N) is 1. The largest absolute Gasteiger partial charge is 0.312 e. The molecule has 71 valence electrons. The zero-order valence-corrected chi connectivity index (χ0v) is 8.34. The molecular formula is C10H21N2. The van der Waals surface area contributed by atoms with Crippen molar-refractivity contribution in [1.29, 1.82) is 0 Å². The van der Waals surface area contributed by atoms with E-state index in [4.69, 9.17) is 0 Å². The Balaban J connectivity index is 2.06. The van der Waals surface area contributed by atoms with Gasteiger partial charge in [-0.05, 0) is 18.9 Å². The van der Waals surface area contributed by atoms with Gasteiger partial charge in [-0.25, -0.2) is 5.32 Å². The second-order valence-corrected chi connectivity index (χ2v) is 3.71. The van der Waals surface area contributed by atoms with Gasteiger partial charge in [0.1, 0.15) is 0 Å². The van der Waals surface area contributed by atoms with Crippen LogP contribution in [0, 0.1) is 5.92 Å². The van der Waals surface area contributed by atoms with E-state index in [9.17, 15) is 0 Å². The molecule has 1 N–H and O–H groups in total. The Labute approximate surface area is 76.1 Å². The first-order valence-corrected chi connectivity index (χ1v) is 5.23. The highest BCUT2D eigenvalue weighted by Gasteiger charge is 2.15. The summed E-state index contributed by atoms with van der Waals surface area (Å²) in [5, 5.41) is 7.92. The molecule has 0 aromatic carbocycles. The summed E-state index contributed by atoms with van der Waals surface area (Å²) in [6, 6.07) is 0.686. The highest BCUT2D eigenvalue weighted by molar-refractivity contribution is 4.77. The van der Waals surface area contributed by atoms with Gasteiger partial charge in [0.2, 0.25) is 0 Å². The van der Waals surface area contributed by atoms with E-state index in [1.165, 1.54) is 25.8 Å². The molecule has 1 aliphatic heterocycles. The Morgan fingerprint density at radius 1 is 1.42 bits per heavy atom. The second-order valence-electron chi connectivity index (χ2n) is 3.71. The first-order chi connectivity index (χ1) is 5.86. The molecule has 1 atom stereocenters. The Hall–Kier alpha value is -0.0800. The van der Waals surface area contributed by atoms with E-state index in [0.717, 1.165) is 19.0 Å². The van der Waals surface area contributed by atoms with Crippen molar-refractivity contribution in [2.24, 2.45) is 5.92 Å². The summed E-state index contributed by atoms with van der Waals surface area (Å²) in [5.74, 6) is 0.866. The molecular weight excluding hydrogens is 148 g/mol. The SMILES string of the molecule is CCC(CC)CNC1CC[N]C1. The van der Waals surface area contributed by atoms with Gasteiger partial charge in [0.25, 0.3) is 0 Å². The summed E-state index contributed by atoms with van der Waals surface area (Å²) < 4.78 is 0. The van der Waals surface area contributed by atoms with Crippen LogP contribution in [0.2, 0.25) is 0 Å². The van der Waals surface area contributed by atoms with Crippen molar-refractivity contribution in [3.05, 3.63) is 0 Å². The number of rotatable bonds is 5. The quantitative estimate of drug-likeness (QED) is 0.661. The molecule has 1 rings (SSSR count). The van der Waals surface area contributed by atoms with Crippen LogP contribution in [0.1, 0.15) is 33.1 Å². The van der Waals surface area contributed by atoms with E-state index in [1.54, 1.807) is 0 Å². The highest BCUT2D eigenvalue weighted by Crippen LogP contribution is 2.07. The molecule has 1 saturated heterocycles. The molecule has 2 heteroatoms. The van der Waals surface area contributed by atoms with Gasteiger partial charge in [-0.3, -0.25) is 0 Å². The van der Waals surface area contributed by atoms with Crippen LogP contribution in [0.5, 0.6) is 0 Å². The summed E-state index contributed by atoms with van der Waals surface area (Å²) in [4.78, 5) is 0. The number of nitrogens with one attached hydrogen (secondary N) is 1. The molecule has 0 bridgehead atoms. The Kier molecular flexibility index (Phi) is 4.62. The average Bonchev–Trinajstić information content (AvgIpc) is 2.59. The molecule has 2 nitrogen and oxygen atoms in total. The summed E-state index contributed by atoms with van der Waals surface area (Å²) in [5.41, 5.74) is 0. The van der Waals surface area contributed by atoms with E-state index < -0.39 is 0 Å². The lowest BCUT2D eigenvalue weighted by Gasteiger charge is -2.16.